The molecule has 0 aromatic heterocycles. The molecule has 0 saturated carbocycles. The highest BCUT2D eigenvalue weighted by Gasteiger charge is 2.31. The first kappa shape index (κ1) is 14.1. The van der Waals surface area contributed by atoms with Crippen LogP contribution >= 0.6 is 15.9 Å². The maximum atomic E-state index is 12.5. The van der Waals surface area contributed by atoms with E-state index in [0.29, 0.717) is 6.04 Å². The van der Waals surface area contributed by atoms with Crippen molar-refractivity contribution >= 4 is 21.8 Å². The molecule has 0 N–H and O–H groups in total. The minimum atomic E-state index is 0.178. The quantitative estimate of drug-likeness (QED) is 0.828. The summed E-state index contributed by atoms with van der Waals surface area (Å²) in [5.41, 5.74) is 0.799. The predicted octanol–water partition coefficient (Wildman–Crippen LogP) is 3.15. The van der Waals surface area contributed by atoms with E-state index in [1.807, 2.05) is 29.2 Å². The third-order valence-corrected chi connectivity index (χ3v) is 4.98. The van der Waals surface area contributed by atoms with Crippen molar-refractivity contribution in [2.45, 2.75) is 31.7 Å². The van der Waals surface area contributed by atoms with Gasteiger partial charge in [-0.05, 0) is 56.6 Å². The van der Waals surface area contributed by atoms with Gasteiger partial charge in [0.25, 0.3) is 5.91 Å². The van der Waals surface area contributed by atoms with Crippen LogP contribution in [0.4, 0.5) is 0 Å². The molecule has 108 valence electrons. The van der Waals surface area contributed by atoms with E-state index >= 15 is 0 Å². The summed E-state index contributed by atoms with van der Waals surface area (Å²) in [6.45, 7) is 4.22. The van der Waals surface area contributed by atoms with Gasteiger partial charge in [0.1, 0.15) is 0 Å². The zero-order chi connectivity index (χ0) is 13.9. The molecule has 1 aromatic rings. The molecule has 3 nitrogen and oxygen atoms in total. The van der Waals surface area contributed by atoms with Gasteiger partial charge in [0.05, 0.1) is 0 Å². The van der Waals surface area contributed by atoms with Gasteiger partial charge in [-0.25, -0.2) is 0 Å². The number of nitrogens with zero attached hydrogens (tertiary/aromatic N) is 2. The van der Waals surface area contributed by atoms with E-state index < -0.39 is 0 Å². The summed E-state index contributed by atoms with van der Waals surface area (Å²) in [7, 11) is 0. The molecule has 20 heavy (non-hydrogen) atoms. The highest BCUT2D eigenvalue weighted by atomic mass is 79.9. The van der Waals surface area contributed by atoms with Crippen molar-refractivity contribution in [3.63, 3.8) is 0 Å². The van der Waals surface area contributed by atoms with Crippen LogP contribution in [0.25, 0.3) is 0 Å². The Kier molecular flexibility index (Phi) is 4.41. The van der Waals surface area contributed by atoms with Gasteiger partial charge in [0.2, 0.25) is 0 Å². The number of halogens is 1. The Morgan fingerprint density at radius 2 is 1.75 bits per heavy atom. The number of rotatable bonds is 2. The molecule has 0 bridgehead atoms. The second-order valence-electron chi connectivity index (χ2n) is 5.80. The zero-order valence-electron chi connectivity index (χ0n) is 11.7. The van der Waals surface area contributed by atoms with Crippen molar-refractivity contribution in [2.75, 3.05) is 26.2 Å². The smallest absolute Gasteiger partial charge is 0.253 e. The second-order valence-corrected chi connectivity index (χ2v) is 6.71. The molecule has 2 heterocycles. The van der Waals surface area contributed by atoms with Crippen LogP contribution in [0.15, 0.2) is 28.7 Å². The number of amides is 1. The molecule has 0 spiro atoms. The molecule has 1 amide bonds. The fourth-order valence-corrected chi connectivity index (χ4v) is 3.55. The fourth-order valence-electron chi connectivity index (χ4n) is 3.28. The fraction of sp³-hybridized carbons (Fsp3) is 0.562. The molecule has 2 saturated heterocycles. The predicted molar refractivity (Wildman–Crippen MR) is 83.9 cm³/mol. The van der Waals surface area contributed by atoms with Crippen molar-refractivity contribution in [3.05, 3.63) is 34.3 Å². The van der Waals surface area contributed by atoms with E-state index in [1.165, 1.54) is 32.4 Å². The Balaban J connectivity index is 1.61. The number of carbonyl (C=O) groups is 1. The lowest BCUT2D eigenvalue weighted by atomic mass is 10.1. The van der Waals surface area contributed by atoms with Crippen molar-refractivity contribution in [2.24, 2.45) is 0 Å². The topological polar surface area (TPSA) is 23.6 Å². The van der Waals surface area contributed by atoms with Gasteiger partial charge in [-0.3, -0.25) is 9.69 Å². The Morgan fingerprint density at radius 1 is 1.05 bits per heavy atom. The Morgan fingerprint density at radius 3 is 2.45 bits per heavy atom. The van der Waals surface area contributed by atoms with Gasteiger partial charge in [-0.2, -0.15) is 0 Å². The molecule has 2 aliphatic rings. The van der Waals surface area contributed by atoms with E-state index in [9.17, 15) is 4.79 Å². The molecule has 3 rings (SSSR count). The van der Waals surface area contributed by atoms with Gasteiger partial charge >= 0.3 is 0 Å². The molecular formula is C16H21BrN2O. The van der Waals surface area contributed by atoms with Crippen molar-refractivity contribution in [1.29, 1.82) is 0 Å². The van der Waals surface area contributed by atoms with Crippen molar-refractivity contribution < 1.29 is 4.79 Å². The zero-order valence-corrected chi connectivity index (χ0v) is 13.3. The number of hydrogen-bond acceptors (Lipinski definition) is 2. The summed E-state index contributed by atoms with van der Waals surface area (Å²) >= 11 is 3.41. The van der Waals surface area contributed by atoms with Gasteiger partial charge in [0, 0.05) is 29.2 Å². The maximum Gasteiger partial charge on any atom is 0.253 e. The van der Waals surface area contributed by atoms with Crippen molar-refractivity contribution in [1.82, 2.24) is 9.80 Å². The Labute approximate surface area is 129 Å². The minimum Gasteiger partial charge on any atom is -0.337 e. The van der Waals surface area contributed by atoms with Crippen LogP contribution in [0.3, 0.4) is 0 Å². The van der Waals surface area contributed by atoms with E-state index in [-0.39, 0.29) is 5.91 Å². The maximum absolute atomic E-state index is 12.5. The van der Waals surface area contributed by atoms with Crippen LogP contribution in [0.2, 0.25) is 0 Å². The molecule has 0 aliphatic carbocycles. The number of benzene rings is 1. The molecule has 4 heteroatoms. The first-order valence-corrected chi connectivity index (χ1v) is 8.32. The lowest BCUT2D eigenvalue weighted by Gasteiger charge is -2.32. The van der Waals surface area contributed by atoms with Gasteiger partial charge in [-0.15, -0.1) is 0 Å². The summed E-state index contributed by atoms with van der Waals surface area (Å²) < 4.78 is 1.02. The molecule has 2 aliphatic heterocycles. The lowest BCUT2D eigenvalue weighted by Crippen LogP contribution is -2.41. The Bertz CT molecular complexity index is 468. The van der Waals surface area contributed by atoms with Crippen LogP contribution in [0.1, 0.15) is 36.0 Å². The monoisotopic (exact) mass is 336 g/mol. The summed E-state index contributed by atoms with van der Waals surface area (Å²) in [5, 5.41) is 0. The molecule has 2 fully saturated rings. The largest absolute Gasteiger partial charge is 0.337 e. The van der Waals surface area contributed by atoms with E-state index in [2.05, 4.69) is 20.8 Å². The average Bonchev–Trinajstić information content (AvgIpc) is 2.98. The van der Waals surface area contributed by atoms with Crippen LogP contribution < -0.4 is 0 Å². The lowest BCUT2D eigenvalue weighted by molar-refractivity contribution is 0.0771. The van der Waals surface area contributed by atoms with E-state index in [0.717, 1.165) is 29.5 Å². The molecule has 1 atom stereocenters. The summed E-state index contributed by atoms with van der Waals surface area (Å²) in [4.78, 5) is 17.1. The van der Waals surface area contributed by atoms with Crippen LogP contribution in [0, 0.1) is 0 Å². The summed E-state index contributed by atoms with van der Waals surface area (Å²) in [6, 6.07) is 8.26. The first-order chi connectivity index (χ1) is 9.74. The van der Waals surface area contributed by atoms with Crippen LogP contribution in [0.5, 0.6) is 0 Å². The van der Waals surface area contributed by atoms with Crippen LogP contribution in [-0.4, -0.2) is 47.9 Å². The average molecular weight is 337 g/mol. The highest BCUT2D eigenvalue weighted by Crippen LogP contribution is 2.22. The molecule has 1 aromatic carbocycles. The molecule has 0 radical (unpaired) electrons. The number of likely N-dealkylation sites (tertiary alicyclic amines) is 2. The third-order valence-electron chi connectivity index (χ3n) is 4.45. The third kappa shape index (κ3) is 3.07. The van der Waals surface area contributed by atoms with Crippen LogP contribution in [-0.2, 0) is 0 Å². The van der Waals surface area contributed by atoms with Gasteiger partial charge in [-0.1, -0.05) is 22.4 Å². The second kappa shape index (κ2) is 6.27. The number of carbonyl (C=O) groups excluding carboxylic acids is 1. The summed E-state index contributed by atoms with van der Waals surface area (Å²) in [6.07, 6.45) is 5.13. The SMILES string of the molecule is O=C(c1ccc(Br)cc1)N1CCC(N2CCCCC2)C1. The van der Waals surface area contributed by atoms with Crippen molar-refractivity contribution in [3.8, 4) is 0 Å². The Hall–Kier alpha value is -0.870. The van der Waals surface area contributed by atoms with E-state index in [1.54, 1.807) is 0 Å². The molecular weight excluding hydrogens is 316 g/mol. The number of hydrogen-bond donors (Lipinski definition) is 0. The summed E-state index contributed by atoms with van der Waals surface area (Å²) in [5.74, 6) is 0.178. The van der Waals surface area contributed by atoms with Gasteiger partial charge < -0.3 is 4.90 Å². The molecule has 1 unspecified atom stereocenters. The minimum absolute atomic E-state index is 0.178. The van der Waals surface area contributed by atoms with E-state index in [4.69, 9.17) is 0 Å². The number of piperidine rings is 1. The normalized spacial score (nSPS) is 24.1. The first-order valence-electron chi connectivity index (χ1n) is 7.53. The van der Waals surface area contributed by atoms with Gasteiger partial charge in [0.15, 0.2) is 0 Å². The standard InChI is InChI=1S/C16H21BrN2O/c17-14-6-4-13(5-7-14)16(20)19-11-8-15(12-19)18-9-2-1-3-10-18/h4-7,15H,1-3,8-12H2. The highest BCUT2D eigenvalue weighted by molar-refractivity contribution is 9.10.